The number of fused-ring (bicyclic) bond motifs is 2. The van der Waals surface area contributed by atoms with Crippen LogP contribution in [0.5, 0.6) is 11.5 Å². The van der Waals surface area contributed by atoms with E-state index in [-0.39, 0.29) is 0 Å². The van der Waals surface area contributed by atoms with E-state index in [1.807, 2.05) is 19.1 Å². The summed E-state index contributed by atoms with van der Waals surface area (Å²) in [6.45, 7) is 3.49. The van der Waals surface area contributed by atoms with E-state index in [1.54, 1.807) is 25.1 Å². The third-order valence-corrected chi connectivity index (χ3v) is 5.97. The van der Waals surface area contributed by atoms with Crippen molar-refractivity contribution in [3.8, 4) is 29.7 Å². The number of nitriles is 3. The fourth-order valence-corrected chi connectivity index (χ4v) is 4.32. The first-order valence-corrected chi connectivity index (χ1v) is 8.77. The SMILES string of the molecule is CCC12OC(=N)C(C#N)(C1C)C(C#N)(C#N)C(c1cc(OC)cc(OC)c1)O2. The summed E-state index contributed by atoms with van der Waals surface area (Å²) in [5.41, 5.74) is -3.33. The van der Waals surface area contributed by atoms with Crippen LogP contribution in [0.15, 0.2) is 18.2 Å². The maximum absolute atomic E-state index is 10.1. The third kappa shape index (κ3) is 2.08. The minimum absolute atomic E-state index is 0.338. The van der Waals surface area contributed by atoms with Crippen molar-refractivity contribution in [2.75, 3.05) is 14.2 Å². The highest BCUT2D eigenvalue weighted by Gasteiger charge is 2.78. The highest BCUT2D eigenvalue weighted by atomic mass is 16.7. The molecule has 2 fully saturated rings. The zero-order valence-electron chi connectivity index (χ0n) is 16.1. The van der Waals surface area contributed by atoms with Crippen molar-refractivity contribution in [2.24, 2.45) is 16.7 Å². The molecule has 0 aliphatic carbocycles. The van der Waals surface area contributed by atoms with Gasteiger partial charge in [0.15, 0.2) is 5.41 Å². The molecule has 28 heavy (non-hydrogen) atoms. The van der Waals surface area contributed by atoms with Crippen molar-refractivity contribution < 1.29 is 18.9 Å². The number of hydrogen-bond donors (Lipinski definition) is 1. The Bertz CT molecular complexity index is 920. The molecule has 2 aliphatic rings. The zero-order chi connectivity index (χ0) is 20.7. The summed E-state index contributed by atoms with van der Waals surface area (Å²) in [7, 11) is 2.97. The van der Waals surface area contributed by atoms with Crippen LogP contribution in [0.25, 0.3) is 0 Å². The summed E-state index contributed by atoms with van der Waals surface area (Å²) < 4.78 is 22.6. The van der Waals surface area contributed by atoms with Crippen LogP contribution in [-0.2, 0) is 9.47 Å². The van der Waals surface area contributed by atoms with E-state index in [2.05, 4.69) is 6.07 Å². The Kier molecular flexibility index (Phi) is 4.46. The van der Waals surface area contributed by atoms with Gasteiger partial charge in [-0.25, -0.2) is 0 Å². The van der Waals surface area contributed by atoms with Gasteiger partial charge in [0.25, 0.3) is 0 Å². The average Bonchev–Trinajstić information content (AvgIpc) is 2.89. The molecule has 3 rings (SSSR count). The van der Waals surface area contributed by atoms with Crippen molar-refractivity contribution in [3.05, 3.63) is 23.8 Å². The minimum Gasteiger partial charge on any atom is -0.497 e. The lowest BCUT2D eigenvalue weighted by molar-refractivity contribution is -0.280. The average molecular weight is 380 g/mol. The number of nitrogens with zero attached hydrogens (tertiary/aromatic N) is 3. The zero-order valence-corrected chi connectivity index (χ0v) is 16.1. The van der Waals surface area contributed by atoms with Crippen LogP contribution in [0.4, 0.5) is 0 Å². The van der Waals surface area contributed by atoms with Crippen LogP contribution >= 0.6 is 0 Å². The topological polar surface area (TPSA) is 132 Å². The molecule has 144 valence electrons. The van der Waals surface area contributed by atoms with Crippen molar-refractivity contribution in [1.29, 1.82) is 21.2 Å². The molecule has 0 aromatic heterocycles. The van der Waals surface area contributed by atoms with Gasteiger partial charge >= 0.3 is 0 Å². The second-order valence-corrected chi connectivity index (χ2v) is 6.91. The number of methoxy groups -OCH3 is 2. The summed E-state index contributed by atoms with van der Waals surface area (Å²) in [4.78, 5) is 0. The fraction of sp³-hybridized carbons (Fsp3) is 0.500. The number of ether oxygens (including phenoxy) is 4. The predicted octanol–water partition coefficient (Wildman–Crippen LogP) is 3.07. The van der Waals surface area contributed by atoms with Crippen LogP contribution in [0.3, 0.4) is 0 Å². The lowest BCUT2D eigenvalue weighted by Gasteiger charge is -2.48. The fourth-order valence-electron chi connectivity index (χ4n) is 4.32. The number of hydrogen-bond acceptors (Lipinski definition) is 8. The van der Waals surface area contributed by atoms with Gasteiger partial charge in [0, 0.05) is 12.5 Å². The summed E-state index contributed by atoms with van der Waals surface area (Å²) in [5.74, 6) is -1.50. The number of nitrogens with one attached hydrogen (secondary N) is 1. The van der Waals surface area contributed by atoms with Gasteiger partial charge in [-0.05, 0) is 17.7 Å². The molecule has 1 aromatic rings. The molecule has 4 unspecified atom stereocenters. The lowest BCUT2D eigenvalue weighted by atomic mass is 9.53. The maximum atomic E-state index is 10.1. The number of benzene rings is 1. The standard InChI is InChI=1S/C20H20N4O4/c1-5-20-12(2)19(11-23,17(24)28-20)18(9-21,10-22)16(27-20)13-6-14(25-3)8-15(7-13)26-4/h6-8,12,16,24H,5H2,1-4H3. The molecule has 1 aromatic carbocycles. The van der Waals surface area contributed by atoms with Gasteiger partial charge in [-0.3, -0.25) is 5.41 Å². The molecule has 0 amide bonds. The Hall–Kier alpha value is -3.28. The van der Waals surface area contributed by atoms with Gasteiger partial charge in [-0.1, -0.05) is 13.8 Å². The molecule has 8 heteroatoms. The molecule has 0 saturated carbocycles. The van der Waals surface area contributed by atoms with Crippen LogP contribution in [0, 0.1) is 56.2 Å². The Balaban J connectivity index is 2.34. The Morgan fingerprint density at radius 3 is 2.07 bits per heavy atom. The van der Waals surface area contributed by atoms with Crippen LogP contribution in [-0.4, -0.2) is 25.9 Å². The lowest BCUT2D eigenvalue weighted by Crippen LogP contribution is -2.58. The van der Waals surface area contributed by atoms with E-state index in [0.29, 0.717) is 23.5 Å². The monoisotopic (exact) mass is 380 g/mol. The van der Waals surface area contributed by atoms with E-state index in [0.717, 1.165) is 0 Å². The second-order valence-electron chi connectivity index (χ2n) is 6.91. The maximum Gasteiger partial charge on any atom is 0.217 e. The van der Waals surface area contributed by atoms with Gasteiger partial charge < -0.3 is 18.9 Å². The summed E-state index contributed by atoms with van der Waals surface area (Å²) in [6, 6.07) is 11.0. The van der Waals surface area contributed by atoms with E-state index >= 15 is 0 Å². The smallest absolute Gasteiger partial charge is 0.217 e. The first-order chi connectivity index (χ1) is 13.3. The molecule has 0 radical (unpaired) electrons. The highest BCUT2D eigenvalue weighted by molar-refractivity contribution is 5.89. The van der Waals surface area contributed by atoms with Crippen molar-refractivity contribution >= 4 is 5.90 Å². The molecule has 2 saturated heterocycles. The molecule has 8 nitrogen and oxygen atoms in total. The molecule has 0 spiro atoms. The van der Waals surface area contributed by atoms with Gasteiger partial charge in [0.1, 0.15) is 17.6 Å². The molecule has 2 bridgehead atoms. The van der Waals surface area contributed by atoms with Crippen LogP contribution < -0.4 is 9.47 Å². The van der Waals surface area contributed by atoms with Gasteiger partial charge in [-0.15, -0.1) is 0 Å². The Labute approximate surface area is 163 Å². The van der Waals surface area contributed by atoms with Crippen LogP contribution in [0.2, 0.25) is 0 Å². The second kappa shape index (κ2) is 6.41. The van der Waals surface area contributed by atoms with E-state index in [9.17, 15) is 15.8 Å². The van der Waals surface area contributed by atoms with Gasteiger partial charge in [0.2, 0.25) is 17.1 Å². The molecular weight excluding hydrogens is 360 g/mol. The van der Waals surface area contributed by atoms with Gasteiger partial charge in [-0.2, -0.15) is 15.8 Å². The predicted molar refractivity (Wildman–Crippen MR) is 96.1 cm³/mol. The van der Waals surface area contributed by atoms with E-state index in [1.165, 1.54) is 14.2 Å². The van der Waals surface area contributed by atoms with Gasteiger partial charge in [0.05, 0.1) is 38.3 Å². The summed E-state index contributed by atoms with van der Waals surface area (Å²) in [6.07, 6.45) is -0.810. The minimum atomic E-state index is -2.00. The van der Waals surface area contributed by atoms with Crippen molar-refractivity contribution in [1.82, 2.24) is 0 Å². The first-order valence-electron chi connectivity index (χ1n) is 8.77. The molecule has 2 aliphatic heterocycles. The van der Waals surface area contributed by atoms with Crippen molar-refractivity contribution in [3.63, 3.8) is 0 Å². The Morgan fingerprint density at radius 2 is 1.64 bits per heavy atom. The molecule has 2 heterocycles. The normalized spacial score (nSPS) is 32.4. The summed E-state index contributed by atoms with van der Waals surface area (Å²) >= 11 is 0. The largest absolute Gasteiger partial charge is 0.497 e. The molecular formula is C20H20N4O4. The molecule has 4 atom stereocenters. The first kappa shape index (κ1) is 19.5. The Morgan fingerprint density at radius 1 is 1.07 bits per heavy atom. The van der Waals surface area contributed by atoms with E-state index < -0.39 is 34.5 Å². The third-order valence-electron chi connectivity index (χ3n) is 5.97. The highest BCUT2D eigenvalue weighted by Crippen LogP contribution is 2.67. The molecule has 1 N–H and O–H groups in total. The summed E-state index contributed by atoms with van der Waals surface area (Å²) in [5, 5.41) is 38.7. The van der Waals surface area contributed by atoms with E-state index in [4.69, 9.17) is 24.4 Å². The van der Waals surface area contributed by atoms with Crippen molar-refractivity contribution in [2.45, 2.75) is 32.2 Å². The number of rotatable bonds is 4. The quantitative estimate of drug-likeness (QED) is 0.848. The van der Waals surface area contributed by atoms with Crippen LogP contribution in [0.1, 0.15) is 31.9 Å².